The van der Waals surface area contributed by atoms with Gasteiger partial charge in [-0.2, -0.15) is 0 Å². The van der Waals surface area contributed by atoms with E-state index in [0.29, 0.717) is 13.0 Å². The number of aliphatic hydroxyl groups is 7. The van der Waals surface area contributed by atoms with Crippen LogP contribution in [0.3, 0.4) is 0 Å². The summed E-state index contributed by atoms with van der Waals surface area (Å²) in [4.78, 5) is 0. The number of rotatable bonds is 6. The van der Waals surface area contributed by atoms with E-state index < -0.39 is 80.0 Å². The van der Waals surface area contributed by atoms with Crippen molar-refractivity contribution in [2.24, 2.45) is 11.3 Å². The van der Waals surface area contributed by atoms with E-state index in [0.717, 1.165) is 17.7 Å². The molecule has 41 heavy (non-hydrogen) atoms. The lowest BCUT2D eigenvalue weighted by atomic mass is 9.52. The standard InChI is InChI=1S/C29H44O12/c1-13-5-6-15-14(9-13)29(4)8-7-19(28(2,3)18(29)12-37-15)40-26-24(36)22(34)25(17(11-31)39-26)41-27-23(35)21(33)20(32)16(10-30)38-27/h5-6,9,16-27,30-36H,7-8,10-12H2,1-4H3/t16-,17-,18-,19+,20-,21+,22-,23-,24-,25-,26+,27-,29-/m1/s1. The number of ether oxygens (including phenoxy) is 5. The average Bonchev–Trinajstić information content (AvgIpc) is 2.94. The van der Waals surface area contributed by atoms with Crippen LogP contribution < -0.4 is 4.74 Å². The number of aryl methyl sites for hydroxylation is 1. The Morgan fingerprint density at radius 1 is 0.829 bits per heavy atom. The molecule has 0 aromatic heterocycles. The van der Waals surface area contributed by atoms with Crippen molar-refractivity contribution in [1.82, 2.24) is 0 Å². The molecule has 12 heteroatoms. The van der Waals surface area contributed by atoms with Gasteiger partial charge in [0.25, 0.3) is 0 Å². The van der Waals surface area contributed by atoms with Crippen LogP contribution in [0.4, 0.5) is 0 Å². The van der Waals surface area contributed by atoms with Gasteiger partial charge in [0.15, 0.2) is 12.6 Å². The molecule has 7 N–H and O–H groups in total. The van der Waals surface area contributed by atoms with Crippen molar-refractivity contribution in [1.29, 1.82) is 0 Å². The fraction of sp³-hybridized carbons (Fsp3) is 0.793. The first kappa shape index (κ1) is 31.0. The molecule has 3 heterocycles. The summed E-state index contributed by atoms with van der Waals surface area (Å²) in [5.74, 6) is 0.986. The monoisotopic (exact) mass is 584 g/mol. The van der Waals surface area contributed by atoms with Crippen molar-refractivity contribution in [2.75, 3.05) is 19.8 Å². The van der Waals surface area contributed by atoms with Crippen LogP contribution in [0.5, 0.6) is 5.75 Å². The minimum Gasteiger partial charge on any atom is -0.493 e. The second-order valence-electron chi connectivity index (χ2n) is 12.8. The van der Waals surface area contributed by atoms with E-state index in [1.807, 2.05) is 12.1 Å². The maximum Gasteiger partial charge on any atom is 0.187 e. The van der Waals surface area contributed by atoms with Crippen LogP contribution in [-0.4, -0.2) is 123 Å². The topological polar surface area (TPSA) is 188 Å². The molecule has 4 aliphatic rings. The van der Waals surface area contributed by atoms with E-state index in [-0.39, 0.29) is 17.4 Å². The van der Waals surface area contributed by atoms with Gasteiger partial charge in [-0.15, -0.1) is 0 Å². The number of fused-ring (bicyclic) bond motifs is 3. The lowest BCUT2D eigenvalue weighted by Crippen LogP contribution is -2.65. The molecule has 1 aliphatic carbocycles. The molecule has 13 atom stereocenters. The molecule has 232 valence electrons. The zero-order chi connectivity index (χ0) is 29.9. The highest BCUT2D eigenvalue weighted by atomic mass is 16.7. The summed E-state index contributed by atoms with van der Waals surface area (Å²) in [7, 11) is 0. The maximum absolute atomic E-state index is 11.0. The van der Waals surface area contributed by atoms with E-state index in [9.17, 15) is 35.7 Å². The zero-order valence-corrected chi connectivity index (χ0v) is 23.9. The van der Waals surface area contributed by atoms with Crippen LogP contribution in [0.15, 0.2) is 18.2 Å². The fourth-order valence-corrected chi connectivity index (χ4v) is 7.21. The van der Waals surface area contributed by atoms with E-state index in [4.69, 9.17) is 23.7 Å². The van der Waals surface area contributed by atoms with Gasteiger partial charge in [-0.3, -0.25) is 0 Å². The summed E-state index contributed by atoms with van der Waals surface area (Å²) in [6.07, 6.45) is -13.8. The van der Waals surface area contributed by atoms with Crippen LogP contribution in [0.25, 0.3) is 0 Å². The van der Waals surface area contributed by atoms with Gasteiger partial charge in [-0.25, -0.2) is 0 Å². The highest BCUT2D eigenvalue weighted by Gasteiger charge is 2.57. The molecule has 3 aliphatic heterocycles. The van der Waals surface area contributed by atoms with Crippen LogP contribution in [0.1, 0.15) is 44.7 Å². The number of aliphatic hydroxyl groups excluding tert-OH is 7. The normalized spacial score (nSPS) is 45.8. The highest BCUT2D eigenvalue weighted by molar-refractivity contribution is 5.45. The molecule has 5 rings (SSSR count). The highest BCUT2D eigenvalue weighted by Crippen LogP contribution is 2.57. The van der Waals surface area contributed by atoms with Crippen molar-refractivity contribution in [3.05, 3.63) is 29.3 Å². The van der Waals surface area contributed by atoms with Gasteiger partial charge in [0.1, 0.15) is 54.6 Å². The van der Waals surface area contributed by atoms with Crippen LogP contribution >= 0.6 is 0 Å². The SMILES string of the molecule is Cc1ccc2c(c1)[C@@]1(C)CC[C@H](O[C@@H]3O[C@H](CO)[C@@H](O[C@H]4O[C@H](CO)[C@@H](O)[C@H](O)[C@H]4O)[C@H](O)[C@H]3O)C(C)(C)[C@H]1CO2. The molecule has 2 saturated heterocycles. The quantitative estimate of drug-likeness (QED) is 0.219. The van der Waals surface area contributed by atoms with Gasteiger partial charge in [0.2, 0.25) is 0 Å². The van der Waals surface area contributed by atoms with Crippen molar-refractivity contribution >= 4 is 0 Å². The third kappa shape index (κ3) is 5.31. The Morgan fingerprint density at radius 3 is 2.15 bits per heavy atom. The predicted octanol–water partition coefficient (Wildman–Crippen LogP) is -0.909. The van der Waals surface area contributed by atoms with Crippen molar-refractivity contribution in [3.63, 3.8) is 0 Å². The number of benzene rings is 1. The molecule has 0 amide bonds. The minimum absolute atomic E-state index is 0.0876. The molecule has 0 unspecified atom stereocenters. The fourth-order valence-electron chi connectivity index (χ4n) is 7.21. The summed E-state index contributed by atoms with van der Waals surface area (Å²) in [6, 6.07) is 6.25. The molecular formula is C29H44O12. The molecule has 1 saturated carbocycles. The predicted molar refractivity (Wildman–Crippen MR) is 142 cm³/mol. The molecule has 1 aromatic carbocycles. The van der Waals surface area contributed by atoms with Crippen molar-refractivity contribution in [2.45, 2.75) is 113 Å². The smallest absolute Gasteiger partial charge is 0.187 e. The second kappa shape index (κ2) is 11.6. The Morgan fingerprint density at radius 2 is 1.46 bits per heavy atom. The largest absolute Gasteiger partial charge is 0.493 e. The first-order valence-electron chi connectivity index (χ1n) is 14.3. The Bertz CT molecular complexity index is 1060. The Kier molecular flexibility index (Phi) is 8.76. The van der Waals surface area contributed by atoms with Gasteiger partial charge in [0, 0.05) is 16.9 Å². The summed E-state index contributed by atoms with van der Waals surface area (Å²) < 4.78 is 29.5. The van der Waals surface area contributed by atoms with Crippen LogP contribution in [0.2, 0.25) is 0 Å². The van der Waals surface area contributed by atoms with Crippen molar-refractivity contribution < 1.29 is 59.4 Å². The lowest BCUT2D eigenvalue weighted by molar-refractivity contribution is -0.367. The number of hydrogen-bond donors (Lipinski definition) is 7. The maximum atomic E-state index is 11.0. The third-order valence-electron chi connectivity index (χ3n) is 9.84. The van der Waals surface area contributed by atoms with Gasteiger partial charge in [0.05, 0.1) is 25.9 Å². The molecule has 0 bridgehead atoms. The van der Waals surface area contributed by atoms with Crippen molar-refractivity contribution in [3.8, 4) is 5.75 Å². The minimum atomic E-state index is -1.73. The van der Waals surface area contributed by atoms with Gasteiger partial charge < -0.3 is 59.4 Å². The summed E-state index contributed by atoms with van der Waals surface area (Å²) >= 11 is 0. The summed E-state index contributed by atoms with van der Waals surface area (Å²) in [6.45, 7) is 7.74. The Hall–Kier alpha value is -1.42. The Balaban J connectivity index is 1.30. The van der Waals surface area contributed by atoms with E-state index in [2.05, 4.69) is 33.8 Å². The first-order valence-corrected chi connectivity index (χ1v) is 14.3. The molecule has 1 aromatic rings. The Labute approximate surface area is 239 Å². The third-order valence-corrected chi connectivity index (χ3v) is 9.84. The molecular weight excluding hydrogens is 540 g/mol. The van der Waals surface area contributed by atoms with Crippen LogP contribution in [-0.2, 0) is 24.4 Å². The van der Waals surface area contributed by atoms with Gasteiger partial charge in [-0.1, -0.05) is 38.5 Å². The molecule has 0 spiro atoms. The van der Waals surface area contributed by atoms with E-state index in [1.165, 1.54) is 5.56 Å². The average molecular weight is 585 g/mol. The van der Waals surface area contributed by atoms with Gasteiger partial charge in [-0.05, 0) is 31.2 Å². The lowest BCUT2D eigenvalue weighted by Gasteiger charge is -2.57. The molecule has 0 radical (unpaired) electrons. The molecule has 12 nitrogen and oxygen atoms in total. The second-order valence-corrected chi connectivity index (χ2v) is 12.8. The van der Waals surface area contributed by atoms with E-state index >= 15 is 0 Å². The first-order chi connectivity index (χ1) is 19.3. The summed E-state index contributed by atoms with van der Waals surface area (Å²) in [5.41, 5.74) is 1.78. The number of hydrogen-bond acceptors (Lipinski definition) is 12. The molecule has 3 fully saturated rings. The van der Waals surface area contributed by atoms with Crippen LogP contribution in [0, 0.1) is 18.3 Å². The van der Waals surface area contributed by atoms with E-state index in [1.54, 1.807) is 0 Å². The summed E-state index contributed by atoms with van der Waals surface area (Å²) in [5, 5.41) is 72.1. The zero-order valence-electron chi connectivity index (χ0n) is 23.9. The van der Waals surface area contributed by atoms with Gasteiger partial charge >= 0.3 is 0 Å².